The molecule has 2 saturated carbocycles. The summed E-state index contributed by atoms with van der Waals surface area (Å²) in [5.41, 5.74) is 11.0. The predicted molar refractivity (Wildman–Crippen MR) is 236 cm³/mol. The average molecular weight is 922 g/mol. The molecule has 0 atom stereocenters. The van der Waals surface area contributed by atoms with Crippen LogP contribution in [0.5, 0.6) is 23.0 Å². The number of anilines is 4. The lowest BCUT2D eigenvalue weighted by Gasteiger charge is -2.34. The van der Waals surface area contributed by atoms with E-state index in [9.17, 15) is 28.6 Å². The van der Waals surface area contributed by atoms with Gasteiger partial charge in [0.1, 0.15) is 35.4 Å². The summed E-state index contributed by atoms with van der Waals surface area (Å²) in [6, 6.07) is 16.2. The number of carboxylic acid groups (broad SMARTS) is 2. The van der Waals surface area contributed by atoms with E-state index in [-0.39, 0.29) is 33.6 Å². The van der Waals surface area contributed by atoms with Crippen LogP contribution in [-0.2, 0) is 9.59 Å². The number of ether oxygens (including phenoxy) is 4. The number of nitrogens with zero attached hydrogens (tertiary/aromatic N) is 4. The first-order chi connectivity index (χ1) is 30.6. The lowest BCUT2D eigenvalue weighted by Crippen LogP contribution is -2.51. The third-order valence-electron chi connectivity index (χ3n) is 11.3. The average Bonchev–Trinajstić information content (AvgIpc) is 3.28. The van der Waals surface area contributed by atoms with Crippen molar-refractivity contribution in [3.8, 4) is 23.0 Å². The third kappa shape index (κ3) is 9.89. The van der Waals surface area contributed by atoms with Crippen LogP contribution in [0, 0.1) is 11.6 Å². The van der Waals surface area contributed by atoms with E-state index in [2.05, 4.69) is 30.6 Å². The van der Waals surface area contributed by atoms with Crippen molar-refractivity contribution in [2.75, 3.05) is 24.9 Å². The maximum Gasteiger partial charge on any atom is 0.323 e. The molecule has 0 aliphatic heterocycles. The Bertz CT molecular complexity index is 2520. The monoisotopic (exact) mass is 920 g/mol. The van der Waals surface area contributed by atoms with Crippen molar-refractivity contribution in [3.05, 3.63) is 95.0 Å². The molecule has 0 amide bonds. The maximum atomic E-state index is 14.4. The number of hydrogen-bond acceptors (Lipinski definition) is 14. The number of benzene rings is 4. The van der Waals surface area contributed by atoms with E-state index in [1.807, 2.05) is 0 Å². The Balaban J connectivity index is 0.000000191. The number of carboxylic acids is 2. The molecule has 8 N–H and O–H groups in total. The SMILES string of the molecule is COc1cc2ncnc(Nc3cccc(Cl)c3F)c2cc1OC1CCC(N)(C(=O)O)CC1.COc1cc2ncnc(Nc3cccc(Cl)c3F)c2cc1OC1CCC(N)(C(=O)O)CC1. The summed E-state index contributed by atoms with van der Waals surface area (Å²) in [4.78, 5) is 39.8. The zero-order chi connectivity index (χ0) is 45.8. The van der Waals surface area contributed by atoms with Gasteiger partial charge in [0, 0.05) is 22.9 Å². The zero-order valence-corrected chi connectivity index (χ0v) is 36.1. The van der Waals surface area contributed by atoms with Gasteiger partial charge >= 0.3 is 11.9 Å². The summed E-state index contributed by atoms with van der Waals surface area (Å²) in [5.74, 6) is -0.575. The summed E-state index contributed by atoms with van der Waals surface area (Å²) in [5, 5.41) is 25.7. The molecule has 20 heteroatoms. The second-order valence-electron chi connectivity index (χ2n) is 15.5. The summed E-state index contributed by atoms with van der Waals surface area (Å²) in [7, 11) is 3.04. The third-order valence-corrected chi connectivity index (χ3v) is 11.9. The summed E-state index contributed by atoms with van der Waals surface area (Å²) in [6.45, 7) is 0. The van der Waals surface area contributed by atoms with E-state index in [0.717, 1.165) is 0 Å². The van der Waals surface area contributed by atoms with Crippen LogP contribution in [0.3, 0.4) is 0 Å². The van der Waals surface area contributed by atoms with Gasteiger partial charge in [0.25, 0.3) is 0 Å². The molecule has 2 fully saturated rings. The van der Waals surface area contributed by atoms with E-state index in [1.54, 1.807) is 48.5 Å². The number of nitrogens with two attached hydrogens (primary N) is 2. The molecular formula is C44H44Cl2F2N8O8. The van der Waals surface area contributed by atoms with Gasteiger partial charge < -0.3 is 51.3 Å². The van der Waals surface area contributed by atoms with Gasteiger partial charge in [-0.05, 0) is 87.8 Å². The molecular weight excluding hydrogens is 877 g/mol. The number of methoxy groups -OCH3 is 2. The van der Waals surface area contributed by atoms with Crippen LogP contribution in [0.4, 0.5) is 31.8 Å². The molecule has 0 unspecified atom stereocenters. The number of carbonyl (C=O) groups is 2. The number of rotatable bonds is 12. The second-order valence-corrected chi connectivity index (χ2v) is 16.3. The van der Waals surface area contributed by atoms with Gasteiger partial charge in [-0.25, -0.2) is 28.7 Å². The highest BCUT2D eigenvalue weighted by molar-refractivity contribution is 6.31. The molecule has 2 aliphatic carbocycles. The van der Waals surface area contributed by atoms with Gasteiger partial charge in [0.15, 0.2) is 34.6 Å². The van der Waals surface area contributed by atoms with Crippen LogP contribution in [0.25, 0.3) is 21.8 Å². The number of hydrogen-bond donors (Lipinski definition) is 6. The Kier molecular flexibility index (Phi) is 13.7. The van der Waals surface area contributed by atoms with Crippen LogP contribution in [-0.4, -0.2) is 79.6 Å². The van der Waals surface area contributed by atoms with Crippen molar-refractivity contribution in [1.82, 2.24) is 19.9 Å². The lowest BCUT2D eigenvalue weighted by atomic mass is 9.81. The predicted octanol–water partition coefficient (Wildman–Crippen LogP) is 8.56. The van der Waals surface area contributed by atoms with E-state index in [4.69, 9.17) is 53.6 Å². The van der Waals surface area contributed by atoms with Crippen molar-refractivity contribution < 1.29 is 47.5 Å². The first-order valence-corrected chi connectivity index (χ1v) is 20.8. The number of aliphatic carboxylic acids is 2. The molecule has 0 saturated heterocycles. The zero-order valence-electron chi connectivity index (χ0n) is 34.5. The molecule has 0 spiro atoms. The van der Waals surface area contributed by atoms with Crippen molar-refractivity contribution in [1.29, 1.82) is 0 Å². The number of aromatic nitrogens is 4. The van der Waals surface area contributed by atoms with Crippen molar-refractivity contribution >= 4 is 80.0 Å². The Morgan fingerprint density at radius 2 is 1.02 bits per heavy atom. The molecule has 0 radical (unpaired) electrons. The highest BCUT2D eigenvalue weighted by Gasteiger charge is 2.40. The maximum absolute atomic E-state index is 14.4. The van der Waals surface area contributed by atoms with Crippen molar-refractivity contribution in [2.24, 2.45) is 11.5 Å². The van der Waals surface area contributed by atoms with Crippen LogP contribution >= 0.6 is 23.2 Å². The minimum absolute atomic E-state index is 0.00584. The Morgan fingerprint density at radius 3 is 1.36 bits per heavy atom. The molecule has 2 heterocycles. The van der Waals surface area contributed by atoms with Crippen molar-refractivity contribution in [3.63, 3.8) is 0 Å². The van der Waals surface area contributed by atoms with Gasteiger partial charge in [-0.15, -0.1) is 0 Å². The van der Waals surface area contributed by atoms with Crippen LogP contribution < -0.4 is 41.0 Å². The first-order valence-electron chi connectivity index (χ1n) is 20.1. The fourth-order valence-electron chi connectivity index (χ4n) is 7.52. The number of halogens is 4. The lowest BCUT2D eigenvalue weighted by molar-refractivity contribution is -0.146. The van der Waals surface area contributed by atoms with Gasteiger partial charge in [0.2, 0.25) is 0 Å². The molecule has 4 aromatic carbocycles. The van der Waals surface area contributed by atoms with Crippen LogP contribution in [0.1, 0.15) is 51.4 Å². The molecule has 6 aromatic rings. The standard InChI is InChI=1S/2C22H22ClFN4O4/c2*1-31-17-10-16-13(9-18(17)32-12-5-7-22(25,8-6-12)21(29)30)20(27-11-26-16)28-15-4-2-3-14(23)19(15)24/h2*2-4,9-12H,5-8,25H2,1H3,(H,29,30)(H,26,27,28). The second kappa shape index (κ2) is 19.2. The number of fused-ring (bicyclic) bond motifs is 2. The number of nitrogens with one attached hydrogen (secondary N) is 2. The first kappa shape index (κ1) is 45.7. The smallest absolute Gasteiger partial charge is 0.323 e. The Morgan fingerprint density at radius 1 is 0.641 bits per heavy atom. The Labute approximate surface area is 375 Å². The van der Waals surface area contributed by atoms with Gasteiger partial charge in [0.05, 0.1) is 58.9 Å². The van der Waals surface area contributed by atoms with E-state index >= 15 is 0 Å². The largest absolute Gasteiger partial charge is 0.493 e. The summed E-state index contributed by atoms with van der Waals surface area (Å²) < 4.78 is 52.0. The van der Waals surface area contributed by atoms with Crippen LogP contribution in [0.15, 0.2) is 73.3 Å². The quantitative estimate of drug-likeness (QED) is 0.0674. The molecule has 16 nitrogen and oxygen atoms in total. The highest BCUT2D eigenvalue weighted by Crippen LogP contribution is 2.40. The normalized spacial score (nSPS) is 20.7. The topological polar surface area (TPSA) is 239 Å². The van der Waals surface area contributed by atoms with Crippen LogP contribution in [0.2, 0.25) is 10.0 Å². The minimum Gasteiger partial charge on any atom is -0.493 e. The molecule has 8 rings (SSSR count). The van der Waals surface area contributed by atoms with E-state index in [0.29, 0.717) is 108 Å². The fourth-order valence-corrected chi connectivity index (χ4v) is 7.87. The molecule has 2 aromatic heterocycles. The van der Waals surface area contributed by atoms with Crippen molar-refractivity contribution in [2.45, 2.75) is 74.7 Å². The molecule has 64 heavy (non-hydrogen) atoms. The minimum atomic E-state index is -1.22. The molecule has 2 aliphatic rings. The molecule has 336 valence electrons. The summed E-state index contributed by atoms with van der Waals surface area (Å²) in [6.07, 6.45) is 5.51. The van der Waals surface area contributed by atoms with Gasteiger partial charge in [-0.1, -0.05) is 35.3 Å². The highest BCUT2D eigenvalue weighted by atomic mass is 35.5. The summed E-state index contributed by atoms with van der Waals surface area (Å²) >= 11 is 11.8. The van der Waals surface area contributed by atoms with Gasteiger partial charge in [-0.2, -0.15) is 0 Å². The van der Waals surface area contributed by atoms with E-state index < -0.39 is 34.7 Å². The van der Waals surface area contributed by atoms with E-state index in [1.165, 1.54) is 39.0 Å². The molecule has 0 bridgehead atoms. The Hall–Kier alpha value is -6.34. The fraction of sp³-hybridized carbons (Fsp3) is 0.318. The van der Waals surface area contributed by atoms with Gasteiger partial charge in [-0.3, -0.25) is 9.59 Å².